The van der Waals surface area contributed by atoms with E-state index in [0.717, 1.165) is 30.8 Å². The van der Waals surface area contributed by atoms with Crippen molar-refractivity contribution in [1.82, 2.24) is 24.7 Å². The van der Waals surface area contributed by atoms with E-state index in [-0.39, 0.29) is 6.03 Å². The zero-order valence-electron chi connectivity index (χ0n) is 21.8. The molecule has 0 unspecified atom stereocenters. The molecule has 5 rings (SSSR count). The fraction of sp³-hybridized carbons (Fsp3) is 0.458. The number of halogens is 3. The quantitative estimate of drug-likeness (QED) is 0.450. The number of hydrogen-bond acceptors (Lipinski definition) is 8. The van der Waals surface area contributed by atoms with Gasteiger partial charge < -0.3 is 20.1 Å². The summed E-state index contributed by atoms with van der Waals surface area (Å²) in [6.45, 7) is 8.73. The van der Waals surface area contributed by atoms with E-state index in [9.17, 15) is 18.0 Å². The summed E-state index contributed by atoms with van der Waals surface area (Å²) in [5.41, 5.74) is 3.74. The number of carboxylic acids is 1. The Labute approximate surface area is 221 Å². The Morgan fingerprint density at radius 2 is 1.85 bits per heavy atom. The van der Waals surface area contributed by atoms with Crippen LogP contribution in [0.3, 0.4) is 0 Å². The third-order valence-corrected chi connectivity index (χ3v) is 6.19. The van der Waals surface area contributed by atoms with Gasteiger partial charge in [-0.25, -0.2) is 19.6 Å². The second kappa shape index (κ2) is 10.9. The maximum absolute atomic E-state index is 13.2. The Balaban J connectivity index is 0.000000448. The number of urea groups is 1. The minimum atomic E-state index is -5.08. The number of hydrogen-bond donors (Lipinski definition) is 3. The van der Waals surface area contributed by atoms with Gasteiger partial charge in [0.15, 0.2) is 5.82 Å². The predicted molar refractivity (Wildman–Crippen MR) is 137 cm³/mol. The molecule has 3 aromatic rings. The van der Waals surface area contributed by atoms with Crippen LogP contribution in [-0.2, 0) is 11.2 Å². The lowest BCUT2D eigenvalue weighted by molar-refractivity contribution is -0.192. The fourth-order valence-electron chi connectivity index (χ4n) is 4.76. The van der Waals surface area contributed by atoms with Gasteiger partial charge >= 0.3 is 18.2 Å². The molecule has 0 aromatic carbocycles. The molecule has 0 aliphatic carbocycles. The highest BCUT2D eigenvalue weighted by atomic mass is 19.4. The predicted octanol–water partition coefficient (Wildman–Crippen LogP) is 2.86. The molecule has 39 heavy (non-hydrogen) atoms. The second-order valence-electron chi connectivity index (χ2n) is 9.39. The van der Waals surface area contributed by atoms with Gasteiger partial charge in [0.05, 0.1) is 19.0 Å². The van der Waals surface area contributed by atoms with Crippen molar-refractivity contribution < 1.29 is 32.6 Å². The number of aliphatic carboxylic acids is 1. The van der Waals surface area contributed by atoms with Crippen LogP contribution in [0.25, 0.3) is 5.65 Å². The van der Waals surface area contributed by atoms with Crippen LogP contribution in [0, 0.1) is 6.92 Å². The van der Waals surface area contributed by atoms with Gasteiger partial charge in [0.25, 0.3) is 5.88 Å². The lowest BCUT2D eigenvalue weighted by atomic mass is 10.1. The molecule has 1 fully saturated rings. The van der Waals surface area contributed by atoms with Crippen molar-refractivity contribution in [3.05, 3.63) is 35.9 Å². The molecule has 3 N–H and O–H groups in total. The third-order valence-electron chi connectivity index (χ3n) is 6.19. The minimum absolute atomic E-state index is 0.263. The third kappa shape index (κ3) is 6.13. The van der Waals surface area contributed by atoms with Gasteiger partial charge in [0, 0.05) is 55.4 Å². The summed E-state index contributed by atoms with van der Waals surface area (Å²) in [5, 5.41) is 13.6. The summed E-state index contributed by atoms with van der Waals surface area (Å²) >= 11 is 0. The zero-order valence-corrected chi connectivity index (χ0v) is 21.8. The van der Waals surface area contributed by atoms with Gasteiger partial charge in [0.2, 0.25) is 5.65 Å². The van der Waals surface area contributed by atoms with Crippen molar-refractivity contribution in [2.45, 2.75) is 45.5 Å². The molecule has 0 spiro atoms. The normalized spacial score (nSPS) is 18.8. The average molecular weight is 551 g/mol. The van der Waals surface area contributed by atoms with Crippen LogP contribution in [0.1, 0.15) is 25.1 Å². The number of imidazole rings is 1. The molecule has 2 aliphatic heterocycles. The van der Waals surface area contributed by atoms with Crippen LogP contribution in [-0.4, -0.2) is 81.5 Å². The Morgan fingerprint density at radius 3 is 2.46 bits per heavy atom. The Hall–Kier alpha value is -4.14. The number of aryl methyl sites for hydroxylation is 1. The molecule has 0 radical (unpaired) electrons. The zero-order chi connectivity index (χ0) is 28.5. The van der Waals surface area contributed by atoms with Crippen LogP contribution >= 0.6 is 0 Å². The van der Waals surface area contributed by atoms with E-state index in [1.807, 2.05) is 13.1 Å². The fourth-order valence-corrected chi connectivity index (χ4v) is 4.76. The first kappa shape index (κ1) is 27.9. The molecule has 0 bridgehead atoms. The number of carbonyl (C=O) groups excluding carboxylic acids is 1. The number of anilines is 3. The monoisotopic (exact) mass is 550 g/mol. The number of carboxylic acid groups (broad SMARTS) is 1. The number of carbonyl (C=O) groups is 2. The highest BCUT2D eigenvalue weighted by molar-refractivity contribution is 6.02. The summed E-state index contributed by atoms with van der Waals surface area (Å²) in [6, 6.07) is 2.62. The van der Waals surface area contributed by atoms with E-state index in [1.165, 1.54) is 12.8 Å². The first-order valence-electron chi connectivity index (χ1n) is 12.1. The molecule has 2 amide bonds. The lowest BCUT2D eigenvalue weighted by Crippen LogP contribution is -2.54. The Bertz CT molecular complexity index is 1370. The van der Waals surface area contributed by atoms with E-state index in [4.69, 9.17) is 14.6 Å². The van der Waals surface area contributed by atoms with Crippen molar-refractivity contribution in [2.75, 3.05) is 41.9 Å². The molecule has 1 saturated heterocycles. The molecule has 3 aromatic heterocycles. The maximum atomic E-state index is 13.2. The summed E-state index contributed by atoms with van der Waals surface area (Å²) in [7, 11) is 1.54. The van der Waals surface area contributed by atoms with Gasteiger partial charge in [-0.05, 0) is 33.3 Å². The van der Waals surface area contributed by atoms with Gasteiger partial charge in [0.1, 0.15) is 5.82 Å². The van der Waals surface area contributed by atoms with Crippen molar-refractivity contribution in [3.63, 3.8) is 0 Å². The van der Waals surface area contributed by atoms with Crippen LogP contribution in [0.5, 0.6) is 5.88 Å². The number of alkyl halides is 3. The van der Waals surface area contributed by atoms with Crippen molar-refractivity contribution in [1.29, 1.82) is 0 Å². The number of piperazine rings is 1. The van der Waals surface area contributed by atoms with E-state index in [1.54, 1.807) is 21.7 Å². The summed E-state index contributed by atoms with van der Waals surface area (Å²) < 4.78 is 38.9. The summed E-state index contributed by atoms with van der Waals surface area (Å²) in [5.74, 6) is -1.29. The van der Waals surface area contributed by atoms with Crippen LogP contribution in [0.2, 0.25) is 0 Å². The molecule has 12 nitrogen and oxygen atoms in total. The number of ether oxygens (including phenoxy) is 1. The van der Waals surface area contributed by atoms with E-state index in [0.29, 0.717) is 41.8 Å². The number of methoxy groups -OCH3 is 1. The number of nitrogens with zero attached hydrogens (tertiary/aromatic N) is 6. The summed E-state index contributed by atoms with van der Waals surface area (Å²) in [4.78, 5) is 39.5. The van der Waals surface area contributed by atoms with Gasteiger partial charge in [-0.2, -0.15) is 18.2 Å². The second-order valence-corrected chi connectivity index (χ2v) is 9.39. The van der Waals surface area contributed by atoms with Crippen molar-refractivity contribution in [2.24, 2.45) is 0 Å². The average Bonchev–Trinajstić information content (AvgIpc) is 3.45. The molecule has 15 heteroatoms. The molecule has 210 valence electrons. The maximum Gasteiger partial charge on any atom is 0.490 e. The molecular weight excluding hydrogens is 521 g/mol. The summed E-state index contributed by atoms with van der Waals surface area (Å²) in [6.07, 6.45) is 1.08. The molecule has 5 heterocycles. The van der Waals surface area contributed by atoms with E-state index in [2.05, 4.69) is 50.4 Å². The minimum Gasteiger partial charge on any atom is -0.478 e. The number of fused-ring (bicyclic) bond motifs is 2. The van der Waals surface area contributed by atoms with Crippen molar-refractivity contribution >= 4 is 35.0 Å². The van der Waals surface area contributed by atoms with E-state index >= 15 is 0 Å². The standard InChI is InChI=1S/C22H28N8O2.C2HF3O2/c1-13-9-28(10-14(2)24-13)17-5-7-23-19-16(17)6-8-30(19)22(31)27-18-12-29-11-15(3)25-20(29)21(26-18)32-4;3-2(4,5)1(6)7/h5,7,11-14,24H,6,8-10H2,1-4H3,(H,27,31);(H,6,7)/t13-,14+;. The Morgan fingerprint density at radius 1 is 1.18 bits per heavy atom. The molecule has 2 aliphatic rings. The number of nitrogens with one attached hydrogen (secondary N) is 2. The number of aromatic nitrogens is 4. The first-order valence-corrected chi connectivity index (χ1v) is 12.1. The highest BCUT2D eigenvalue weighted by Crippen LogP contribution is 2.35. The smallest absolute Gasteiger partial charge is 0.478 e. The Kier molecular flexibility index (Phi) is 7.81. The topological polar surface area (TPSA) is 137 Å². The number of rotatable bonds is 3. The van der Waals surface area contributed by atoms with Crippen LogP contribution in [0.4, 0.5) is 35.3 Å². The lowest BCUT2D eigenvalue weighted by Gasteiger charge is -2.38. The van der Waals surface area contributed by atoms with Crippen molar-refractivity contribution in [3.8, 4) is 5.88 Å². The van der Waals surface area contributed by atoms with Crippen LogP contribution < -0.4 is 25.2 Å². The van der Waals surface area contributed by atoms with Gasteiger partial charge in [-0.1, -0.05) is 0 Å². The number of pyridine rings is 1. The van der Waals surface area contributed by atoms with E-state index < -0.39 is 12.1 Å². The SMILES string of the molecule is COc1nc(NC(=O)N2CCc3c(N4C[C@@H](C)N[C@@H](C)C4)ccnc32)cn2cc(C)nc12.O=C(O)C(F)(F)F. The largest absolute Gasteiger partial charge is 0.490 e. The van der Waals surface area contributed by atoms with Crippen LogP contribution in [0.15, 0.2) is 24.7 Å². The molecule has 0 saturated carbocycles. The molecular formula is C24H29F3N8O4. The van der Waals surface area contributed by atoms with Gasteiger partial charge in [-0.15, -0.1) is 0 Å². The molecule has 2 atom stereocenters. The highest BCUT2D eigenvalue weighted by Gasteiger charge is 2.38. The van der Waals surface area contributed by atoms with Gasteiger partial charge in [-0.3, -0.25) is 14.6 Å². The first-order chi connectivity index (χ1) is 18.4. The number of amides is 2.